The molecule has 0 unspecified atom stereocenters. The van der Waals surface area contributed by atoms with Crippen molar-refractivity contribution in [1.29, 1.82) is 0 Å². The standard InChI is InChI=1S/C24H22N4O2/c29-22(14-5-6-15-12-25-13-16(15)7-14)26-18-10-24(11-18)8-17(9-24)21-19-3-1-2-4-20(19)23(30)28-27-21/h1-7,12,17-18H,8-11,13H2,(H,26,29)(H,28,30). The summed E-state index contributed by atoms with van der Waals surface area (Å²) in [5.74, 6) is 0.383. The molecule has 1 spiro atoms. The lowest BCUT2D eigenvalue weighted by molar-refractivity contribution is -0.0196. The minimum Gasteiger partial charge on any atom is -0.349 e. The molecule has 6 rings (SSSR count). The molecule has 3 aromatic rings. The number of aromatic amines is 1. The number of aromatic nitrogens is 2. The highest BCUT2D eigenvalue weighted by Crippen LogP contribution is 2.62. The number of carbonyl (C=O) groups excluding carboxylic acids is 1. The molecule has 1 aromatic heterocycles. The number of hydrogen-bond acceptors (Lipinski definition) is 4. The number of H-pyrrole nitrogens is 1. The van der Waals surface area contributed by atoms with Gasteiger partial charge in [-0.15, -0.1) is 0 Å². The highest BCUT2D eigenvalue weighted by atomic mass is 16.1. The van der Waals surface area contributed by atoms with E-state index in [2.05, 4.69) is 20.5 Å². The lowest BCUT2D eigenvalue weighted by atomic mass is 9.49. The second-order valence-electron chi connectivity index (χ2n) is 9.05. The summed E-state index contributed by atoms with van der Waals surface area (Å²) in [4.78, 5) is 28.9. The van der Waals surface area contributed by atoms with Crippen molar-refractivity contribution in [1.82, 2.24) is 15.5 Å². The van der Waals surface area contributed by atoms with Crippen LogP contribution in [0.3, 0.4) is 0 Å². The lowest BCUT2D eigenvalue weighted by Crippen LogP contribution is -2.55. The third kappa shape index (κ3) is 2.70. The maximum atomic E-state index is 12.6. The van der Waals surface area contributed by atoms with Gasteiger partial charge in [0.05, 0.1) is 17.6 Å². The molecule has 2 fully saturated rings. The molecule has 0 radical (unpaired) electrons. The van der Waals surface area contributed by atoms with Crippen LogP contribution < -0.4 is 10.9 Å². The number of benzene rings is 2. The Hall–Kier alpha value is -3.28. The summed E-state index contributed by atoms with van der Waals surface area (Å²) in [6.45, 7) is 0.665. The topological polar surface area (TPSA) is 87.2 Å². The Balaban J connectivity index is 1.09. The van der Waals surface area contributed by atoms with Gasteiger partial charge in [-0.2, -0.15) is 5.10 Å². The summed E-state index contributed by atoms with van der Waals surface area (Å²) < 4.78 is 0. The van der Waals surface area contributed by atoms with Gasteiger partial charge in [-0.3, -0.25) is 14.6 Å². The van der Waals surface area contributed by atoms with Gasteiger partial charge < -0.3 is 5.32 Å². The largest absolute Gasteiger partial charge is 0.349 e. The number of nitrogens with zero attached hydrogens (tertiary/aromatic N) is 2. The maximum absolute atomic E-state index is 12.6. The second kappa shape index (κ2) is 6.36. The van der Waals surface area contributed by atoms with Gasteiger partial charge in [0, 0.05) is 29.1 Å². The average molecular weight is 398 g/mol. The van der Waals surface area contributed by atoms with E-state index in [0.717, 1.165) is 53.5 Å². The van der Waals surface area contributed by atoms with Crippen LogP contribution in [0, 0.1) is 5.41 Å². The smallest absolute Gasteiger partial charge is 0.272 e. The van der Waals surface area contributed by atoms with Gasteiger partial charge in [-0.1, -0.05) is 24.3 Å². The monoisotopic (exact) mass is 398 g/mol. The molecule has 30 heavy (non-hydrogen) atoms. The summed E-state index contributed by atoms with van der Waals surface area (Å²) in [5, 5.41) is 11.9. The zero-order valence-corrected chi connectivity index (χ0v) is 16.5. The molecule has 2 aromatic carbocycles. The van der Waals surface area contributed by atoms with Crippen molar-refractivity contribution >= 4 is 22.9 Å². The van der Waals surface area contributed by atoms with Crippen molar-refractivity contribution in [2.24, 2.45) is 10.4 Å². The van der Waals surface area contributed by atoms with E-state index in [4.69, 9.17) is 0 Å². The van der Waals surface area contributed by atoms with E-state index in [1.807, 2.05) is 48.7 Å². The van der Waals surface area contributed by atoms with E-state index in [-0.39, 0.29) is 17.5 Å². The number of aliphatic imine (C=N–C) groups is 1. The molecule has 3 aliphatic rings. The van der Waals surface area contributed by atoms with Crippen LogP contribution in [-0.2, 0) is 6.54 Å². The minimum absolute atomic E-state index is 0.00807. The Labute approximate surface area is 173 Å². The predicted molar refractivity (Wildman–Crippen MR) is 115 cm³/mol. The first-order valence-electron chi connectivity index (χ1n) is 10.5. The third-order valence-electron chi connectivity index (χ3n) is 7.06. The number of hydrogen-bond donors (Lipinski definition) is 2. The summed E-state index contributed by atoms with van der Waals surface area (Å²) in [5.41, 5.74) is 4.13. The fourth-order valence-electron chi connectivity index (χ4n) is 5.57. The van der Waals surface area contributed by atoms with Crippen LogP contribution in [0.5, 0.6) is 0 Å². The van der Waals surface area contributed by atoms with Crippen LogP contribution in [0.2, 0.25) is 0 Å². The summed E-state index contributed by atoms with van der Waals surface area (Å²) in [6, 6.07) is 13.7. The summed E-state index contributed by atoms with van der Waals surface area (Å²) >= 11 is 0. The molecular weight excluding hydrogens is 376 g/mol. The highest BCUT2D eigenvalue weighted by Gasteiger charge is 2.54. The summed E-state index contributed by atoms with van der Waals surface area (Å²) in [6.07, 6.45) is 6.03. The van der Waals surface area contributed by atoms with Crippen LogP contribution in [0.15, 0.2) is 52.3 Å². The Bertz CT molecular complexity index is 1260. The van der Waals surface area contributed by atoms with Gasteiger partial charge >= 0.3 is 0 Å². The lowest BCUT2D eigenvalue weighted by Gasteiger charge is -2.57. The van der Waals surface area contributed by atoms with E-state index in [1.54, 1.807) is 0 Å². The third-order valence-corrected chi connectivity index (χ3v) is 7.06. The van der Waals surface area contributed by atoms with E-state index in [9.17, 15) is 9.59 Å². The van der Waals surface area contributed by atoms with E-state index in [1.165, 1.54) is 0 Å². The van der Waals surface area contributed by atoms with Crippen LogP contribution in [0.25, 0.3) is 10.8 Å². The van der Waals surface area contributed by atoms with E-state index >= 15 is 0 Å². The molecule has 6 nitrogen and oxygen atoms in total. The molecule has 1 amide bonds. The molecule has 2 N–H and O–H groups in total. The highest BCUT2D eigenvalue weighted by molar-refractivity contribution is 5.96. The maximum Gasteiger partial charge on any atom is 0.272 e. The van der Waals surface area contributed by atoms with Crippen molar-refractivity contribution in [3.05, 3.63) is 75.2 Å². The van der Waals surface area contributed by atoms with Crippen molar-refractivity contribution in [2.75, 3.05) is 0 Å². The van der Waals surface area contributed by atoms with Crippen molar-refractivity contribution in [3.8, 4) is 0 Å². The minimum atomic E-state index is -0.132. The molecule has 0 bridgehead atoms. The van der Waals surface area contributed by atoms with Gasteiger partial charge in [-0.25, -0.2) is 5.10 Å². The first-order valence-corrected chi connectivity index (χ1v) is 10.5. The van der Waals surface area contributed by atoms with Crippen LogP contribution in [0.1, 0.15) is 58.8 Å². The Morgan fingerprint density at radius 1 is 1.07 bits per heavy atom. The number of fused-ring (bicyclic) bond motifs is 2. The van der Waals surface area contributed by atoms with Crippen LogP contribution >= 0.6 is 0 Å². The zero-order valence-electron chi connectivity index (χ0n) is 16.5. The van der Waals surface area contributed by atoms with Crippen molar-refractivity contribution in [3.63, 3.8) is 0 Å². The SMILES string of the molecule is O=C(NC1CC2(C1)CC(c1n[nH]c(=O)c3ccccc13)C2)c1ccc2c(c1)CN=C2. The van der Waals surface area contributed by atoms with Gasteiger partial charge in [0.1, 0.15) is 0 Å². The van der Waals surface area contributed by atoms with Gasteiger partial charge in [0.2, 0.25) is 0 Å². The number of carbonyl (C=O) groups is 1. The van der Waals surface area contributed by atoms with Crippen molar-refractivity contribution < 1.29 is 4.79 Å². The van der Waals surface area contributed by atoms with Gasteiger partial charge in [0.25, 0.3) is 11.5 Å². The van der Waals surface area contributed by atoms with Gasteiger partial charge in [0.15, 0.2) is 0 Å². The Kier molecular flexibility index (Phi) is 3.72. The molecule has 2 aliphatic carbocycles. The number of rotatable bonds is 3. The average Bonchev–Trinajstić information content (AvgIpc) is 3.17. The molecule has 0 saturated heterocycles. The fourth-order valence-corrected chi connectivity index (χ4v) is 5.57. The van der Waals surface area contributed by atoms with Gasteiger partial charge in [-0.05, 0) is 60.4 Å². The normalized spacial score (nSPS) is 26.3. The predicted octanol–water partition coefficient (Wildman–Crippen LogP) is 3.31. The van der Waals surface area contributed by atoms with Crippen molar-refractivity contribution in [2.45, 2.75) is 44.2 Å². The molecule has 0 atom stereocenters. The van der Waals surface area contributed by atoms with E-state index < -0.39 is 0 Å². The quantitative estimate of drug-likeness (QED) is 0.710. The molecule has 1 aliphatic heterocycles. The number of nitrogens with one attached hydrogen (secondary N) is 2. The molecule has 6 heteroatoms. The van der Waals surface area contributed by atoms with E-state index in [0.29, 0.717) is 23.3 Å². The van der Waals surface area contributed by atoms with Crippen LogP contribution in [0.4, 0.5) is 0 Å². The second-order valence-corrected chi connectivity index (χ2v) is 9.05. The Morgan fingerprint density at radius 2 is 1.87 bits per heavy atom. The first kappa shape index (κ1) is 17.6. The molecular formula is C24H22N4O2. The van der Waals surface area contributed by atoms with Crippen LogP contribution in [-0.4, -0.2) is 28.4 Å². The molecule has 2 saturated carbocycles. The molecule has 150 valence electrons. The summed E-state index contributed by atoms with van der Waals surface area (Å²) in [7, 11) is 0. The zero-order chi connectivity index (χ0) is 20.3. The first-order chi connectivity index (χ1) is 14.6. The molecule has 2 heterocycles. The Morgan fingerprint density at radius 3 is 2.70 bits per heavy atom. The number of amides is 1. The fraction of sp³-hybridized carbons (Fsp3) is 0.333.